The van der Waals surface area contributed by atoms with E-state index in [1.54, 1.807) is 0 Å². The molecule has 5 rings (SSSR count). The van der Waals surface area contributed by atoms with Crippen molar-refractivity contribution in [3.8, 4) is 22.6 Å². The molecule has 5 nitrogen and oxygen atoms in total. The van der Waals surface area contributed by atoms with Crippen LogP contribution in [0.1, 0.15) is 18.7 Å². The SMILES string of the molecule is c1cc2c(cc1-c1ccn3c(CC4CC4)nnc3c1)OCO2. The number of hydrogen-bond donors (Lipinski definition) is 0. The summed E-state index contributed by atoms with van der Waals surface area (Å²) in [6, 6.07) is 10.2. The minimum Gasteiger partial charge on any atom is -0.454 e. The molecule has 0 N–H and O–H groups in total. The monoisotopic (exact) mass is 293 g/mol. The molecule has 22 heavy (non-hydrogen) atoms. The first-order chi connectivity index (χ1) is 10.9. The third kappa shape index (κ3) is 1.93. The summed E-state index contributed by atoms with van der Waals surface area (Å²) in [5.41, 5.74) is 3.10. The first-order valence-electron chi connectivity index (χ1n) is 7.60. The number of hydrogen-bond acceptors (Lipinski definition) is 4. The van der Waals surface area contributed by atoms with Crippen LogP contribution in [0, 0.1) is 5.92 Å². The van der Waals surface area contributed by atoms with Crippen molar-refractivity contribution in [3.63, 3.8) is 0 Å². The molecule has 0 radical (unpaired) electrons. The van der Waals surface area contributed by atoms with Crippen LogP contribution in [-0.2, 0) is 6.42 Å². The van der Waals surface area contributed by atoms with Gasteiger partial charge in [-0.3, -0.25) is 4.40 Å². The Balaban J connectivity index is 1.54. The highest BCUT2D eigenvalue weighted by Gasteiger charge is 2.24. The molecule has 1 saturated carbocycles. The second-order valence-electron chi connectivity index (χ2n) is 5.98. The van der Waals surface area contributed by atoms with E-state index in [0.717, 1.165) is 46.4 Å². The molecule has 5 heteroatoms. The Kier molecular flexibility index (Phi) is 2.44. The topological polar surface area (TPSA) is 48.7 Å². The summed E-state index contributed by atoms with van der Waals surface area (Å²) in [6.45, 7) is 0.298. The number of aromatic nitrogens is 3. The van der Waals surface area contributed by atoms with Crippen molar-refractivity contribution >= 4 is 5.65 Å². The van der Waals surface area contributed by atoms with Crippen molar-refractivity contribution in [2.45, 2.75) is 19.3 Å². The van der Waals surface area contributed by atoms with Crippen LogP contribution in [0.25, 0.3) is 16.8 Å². The average Bonchev–Trinajstić information content (AvgIpc) is 3.09. The van der Waals surface area contributed by atoms with Crippen molar-refractivity contribution in [1.82, 2.24) is 14.6 Å². The second kappa shape index (κ2) is 4.47. The van der Waals surface area contributed by atoms with Crippen molar-refractivity contribution in [2.24, 2.45) is 5.92 Å². The van der Waals surface area contributed by atoms with Gasteiger partial charge < -0.3 is 9.47 Å². The van der Waals surface area contributed by atoms with Gasteiger partial charge in [-0.25, -0.2) is 0 Å². The zero-order chi connectivity index (χ0) is 14.5. The molecule has 0 spiro atoms. The van der Waals surface area contributed by atoms with Crippen LogP contribution in [0.4, 0.5) is 0 Å². The molecular formula is C17H15N3O2. The predicted molar refractivity (Wildman–Crippen MR) is 81.0 cm³/mol. The van der Waals surface area contributed by atoms with Gasteiger partial charge in [0, 0.05) is 12.6 Å². The Morgan fingerprint density at radius 3 is 2.77 bits per heavy atom. The quantitative estimate of drug-likeness (QED) is 0.744. The van der Waals surface area contributed by atoms with E-state index in [0.29, 0.717) is 6.79 Å². The van der Waals surface area contributed by atoms with E-state index in [1.807, 2.05) is 18.2 Å². The van der Waals surface area contributed by atoms with Crippen LogP contribution >= 0.6 is 0 Å². The van der Waals surface area contributed by atoms with E-state index in [1.165, 1.54) is 12.8 Å². The summed E-state index contributed by atoms with van der Waals surface area (Å²) >= 11 is 0. The van der Waals surface area contributed by atoms with E-state index in [2.05, 4.69) is 32.9 Å². The summed E-state index contributed by atoms with van der Waals surface area (Å²) < 4.78 is 12.9. The highest BCUT2D eigenvalue weighted by molar-refractivity contribution is 5.70. The molecule has 2 aliphatic rings. The first-order valence-corrected chi connectivity index (χ1v) is 7.60. The lowest BCUT2D eigenvalue weighted by Gasteiger charge is -2.05. The molecule has 1 aromatic carbocycles. The van der Waals surface area contributed by atoms with Crippen LogP contribution < -0.4 is 9.47 Å². The Labute approximate surface area is 127 Å². The molecule has 110 valence electrons. The molecule has 1 aliphatic carbocycles. The van der Waals surface area contributed by atoms with E-state index in [-0.39, 0.29) is 0 Å². The van der Waals surface area contributed by atoms with Gasteiger partial charge in [0.1, 0.15) is 5.82 Å². The van der Waals surface area contributed by atoms with Gasteiger partial charge in [0.2, 0.25) is 6.79 Å². The van der Waals surface area contributed by atoms with Gasteiger partial charge in [0.05, 0.1) is 0 Å². The fourth-order valence-corrected chi connectivity index (χ4v) is 2.92. The van der Waals surface area contributed by atoms with Crippen molar-refractivity contribution in [1.29, 1.82) is 0 Å². The first kappa shape index (κ1) is 12.0. The van der Waals surface area contributed by atoms with Crippen molar-refractivity contribution in [2.75, 3.05) is 6.79 Å². The Bertz CT molecular complexity index is 867. The molecule has 1 aliphatic heterocycles. The summed E-state index contributed by atoms with van der Waals surface area (Å²) in [5.74, 6) is 3.47. The molecule has 0 atom stereocenters. The number of pyridine rings is 1. The molecule has 0 saturated heterocycles. The molecule has 3 aromatic rings. The Morgan fingerprint density at radius 1 is 1.00 bits per heavy atom. The van der Waals surface area contributed by atoms with E-state index >= 15 is 0 Å². The highest BCUT2D eigenvalue weighted by atomic mass is 16.7. The molecule has 0 unspecified atom stereocenters. The van der Waals surface area contributed by atoms with Crippen LogP contribution in [0.5, 0.6) is 11.5 Å². The summed E-state index contributed by atoms with van der Waals surface area (Å²) in [4.78, 5) is 0. The van der Waals surface area contributed by atoms with E-state index in [9.17, 15) is 0 Å². The summed E-state index contributed by atoms with van der Waals surface area (Å²) in [6.07, 6.45) is 5.74. The largest absolute Gasteiger partial charge is 0.454 e. The summed E-state index contributed by atoms with van der Waals surface area (Å²) in [7, 11) is 0. The number of benzene rings is 1. The fourth-order valence-electron chi connectivity index (χ4n) is 2.92. The maximum atomic E-state index is 5.45. The maximum Gasteiger partial charge on any atom is 0.231 e. The predicted octanol–water partition coefficient (Wildman–Crippen LogP) is 3.08. The zero-order valence-corrected chi connectivity index (χ0v) is 12.0. The Hall–Kier alpha value is -2.56. The summed E-state index contributed by atoms with van der Waals surface area (Å²) in [5, 5.41) is 8.65. The third-order valence-corrected chi connectivity index (χ3v) is 4.35. The smallest absolute Gasteiger partial charge is 0.231 e. The molecule has 1 fully saturated rings. The van der Waals surface area contributed by atoms with Crippen LogP contribution in [0.3, 0.4) is 0 Å². The maximum absolute atomic E-state index is 5.45. The standard InChI is InChI=1S/C17H15N3O2/c1-2-11(1)7-16-18-19-17-9-13(5-6-20(16)17)12-3-4-14-15(8-12)22-10-21-14/h3-6,8-9,11H,1-2,7,10H2. The fraction of sp³-hybridized carbons (Fsp3) is 0.294. The molecular weight excluding hydrogens is 278 g/mol. The van der Waals surface area contributed by atoms with Crippen LogP contribution in [0.2, 0.25) is 0 Å². The molecule has 2 aromatic heterocycles. The van der Waals surface area contributed by atoms with E-state index in [4.69, 9.17) is 9.47 Å². The lowest BCUT2D eigenvalue weighted by molar-refractivity contribution is 0.174. The van der Waals surface area contributed by atoms with Gasteiger partial charge in [-0.05, 0) is 54.2 Å². The van der Waals surface area contributed by atoms with Crippen LogP contribution in [0.15, 0.2) is 36.5 Å². The minimum atomic E-state index is 0.298. The minimum absolute atomic E-state index is 0.298. The van der Waals surface area contributed by atoms with Gasteiger partial charge in [0.25, 0.3) is 0 Å². The number of fused-ring (bicyclic) bond motifs is 2. The highest BCUT2D eigenvalue weighted by Crippen LogP contribution is 2.36. The molecule has 0 amide bonds. The van der Waals surface area contributed by atoms with Crippen molar-refractivity contribution in [3.05, 3.63) is 42.4 Å². The number of rotatable bonds is 3. The van der Waals surface area contributed by atoms with E-state index < -0.39 is 0 Å². The normalized spacial score (nSPS) is 16.4. The number of nitrogens with zero attached hydrogens (tertiary/aromatic N) is 3. The molecule has 0 bridgehead atoms. The van der Waals surface area contributed by atoms with Gasteiger partial charge >= 0.3 is 0 Å². The van der Waals surface area contributed by atoms with Crippen molar-refractivity contribution < 1.29 is 9.47 Å². The van der Waals surface area contributed by atoms with Gasteiger partial charge in [-0.2, -0.15) is 0 Å². The third-order valence-electron chi connectivity index (χ3n) is 4.35. The lowest BCUT2D eigenvalue weighted by Crippen LogP contribution is -1.96. The van der Waals surface area contributed by atoms with Gasteiger partial charge in [-0.1, -0.05) is 6.07 Å². The average molecular weight is 293 g/mol. The lowest BCUT2D eigenvalue weighted by atomic mass is 10.1. The van der Waals surface area contributed by atoms with Gasteiger partial charge in [-0.15, -0.1) is 10.2 Å². The number of ether oxygens (including phenoxy) is 2. The molecule has 3 heterocycles. The second-order valence-corrected chi connectivity index (χ2v) is 5.98. The Morgan fingerprint density at radius 2 is 1.86 bits per heavy atom. The van der Waals surface area contributed by atoms with Crippen LogP contribution in [-0.4, -0.2) is 21.4 Å². The van der Waals surface area contributed by atoms with Gasteiger partial charge in [0.15, 0.2) is 17.1 Å². The zero-order valence-electron chi connectivity index (χ0n) is 12.0.